The maximum Gasteiger partial charge on any atom is 0.343 e. The van der Waals surface area contributed by atoms with E-state index in [0.717, 1.165) is 0 Å². The van der Waals surface area contributed by atoms with Gasteiger partial charge in [0.05, 0.1) is 23.2 Å². The molecule has 0 spiro atoms. The number of rotatable bonds is 7. The Morgan fingerprint density at radius 2 is 1.77 bits per heavy atom. The van der Waals surface area contributed by atoms with E-state index in [2.05, 4.69) is 29.8 Å². The van der Waals surface area contributed by atoms with Crippen LogP contribution in [0.25, 0.3) is 0 Å². The Labute approximate surface area is 161 Å². The molecule has 0 unspecified atom stereocenters. The summed E-state index contributed by atoms with van der Waals surface area (Å²) >= 11 is 3.40. The van der Waals surface area contributed by atoms with Crippen molar-refractivity contribution in [1.82, 2.24) is 0 Å². The summed E-state index contributed by atoms with van der Waals surface area (Å²) in [7, 11) is 0. The normalized spacial score (nSPS) is 10.5. The number of carbonyl (C=O) groups excluding carboxylic acids is 2. The molecule has 26 heavy (non-hydrogen) atoms. The fraction of sp³-hybridized carbons (Fsp3) is 0.300. The minimum atomic E-state index is -0.571. The molecule has 6 heteroatoms. The average Bonchev–Trinajstić information content (AvgIpc) is 2.61. The van der Waals surface area contributed by atoms with Crippen LogP contribution >= 0.6 is 15.9 Å². The first kappa shape index (κ1) is 20.0. The maximum atomic E-state index is 12.4. The Kier molecular flexibility index (Phi) is 7.21. The summed E-state index contributed by atoms with van der Waals surface area (Å²) in [6.07, 6.45) is 0. The fourth-order valence-corrected chi connectivity index (χ4v) is 2.59. The monoisotopic (exact) mass is 420 g/mol. The lowest BCUT2D eigenvalue weighted by Crippen LogP contribution is -2.13. The number of hydrogen-bond acceptors (Lipinski definition) is 5. The summed E-state index contributed by atoms with van der Waals surface area (Å²) in [5.74, 6) is 0.104. The van der Waals surface area contributed by atoms with E-state index in [0.29, 0.717) is 28.3 Å². The van der Waals surface area contributed by atoms with E-state index in [1.54, 1.807) is 49.4 Å². The van der Waals surface area contributed by atoms with E-state index in [4.69, 9.17) is 14.2 Å². The molecular weight excluding hydrogens is 400 g/mol. The van der Waals surface area contributed by atoms with Gasteiger partial charge in [-0.1, -0.05) is 26.0 Å². The summed E-state index contributed by atoms with van der Waals surface area (Å²) in [5, 5.41) is 0. The van der Waals surface area contributed by atoms with Crippen molar-refractivity contribution >= 4 is 27.9 Å². The lowest BCUT2D eigenvalue weighted by Gasteiger charge is -2.12. The molecule has 0 bridgehead atoms. The fourth-order valence-electron chi connectivity index (χ4n) is 2.09. The Morgan fingerprint density at radius 1 is 1.04 bits per heavy atom. The molecule has 5 nitrogen and oxygen atoms in total. The molecule has 0 radical (unpaired) electrons. The zero-order valence-electron chi connectivity index (χ0n) is 15.0. The standard InChI is InChI=1S/C20H21BrO5/c1-4-24-20(23)15-7-5-6-8-17(15)26-19(22)14-9-10-18(16(21)11-14)25-12-13(2)3/h5-11,13H,4,12H2,1-3H3. The summed E-state index contributed by atoms with van der Waals surface area (Å²) < 4.78 is 16.7. The maximum absolute atomic E-state index is 12.4. The highest BCUT2D eigenvalue weighted by Crippen LogP contribution is 2.27. The van der Waals surface area contributed by atoms with Crippen molar-refractivity contribution < 1.29 is 23.8 Å². The van der Waals surface area contributed by atoms with Crippen LogP contribution in [0.15, 0.2) is 46.9 Å². The first-order valence-corrected chi connectivity index (χ1v) is 9.12. The third-order valence-electron chi connectivity index (χ3n) is 3.32. The van der Waals surface area contributed by atoms with Gasteiger partial charge < -0.3 is 14.2 Å². The number of benzene rings is 2. The van der Waals surface area contributed by atoms with Crippen LogP contribution in [0, 0.1) is 5.92 Å². The van der Waals surface area contributed by atoms with Crippen molar-refractivity contribution in [1.29, 1.82) is 0 Å². The van der Waals surface area contributed by atoms with Crippen LogP contribution in [0.3, 0.4) is 0 Å². The molecule has 0 atom stereocenters. The van der Waals surface area contributed by atoms with Gasteiger partial charge in [0.25, 0.3) is 0 Å². The van der Waals surface area contributed by atoms with E-state index < -0.39 is 11.9 Å². The second-order valence-corrected chi connectivity index (χ2v) is 6.81. The van der Waals surface area contributed by atoms with E-state index in [-0.39, 0.29) is 17.9 Å². The molecule has 0 aromatic heterocycles. The molecule has 2 aromatic rings. The molecule has 0 saturated carbocycles. The second kappa shape index (κ2) is 9.38. The molecule has 0 saturated heterocycles. The Balaban J connectivity index is 2.16. The molecule has 0 fully saturated rings. The van der Waals surface area contributed by atoms with E-state index in [9.17, 15) is 9.59 Å². The number of ether oxygens (including phenoxy) is 3. The minimum Gasteiger partial charge on any atom is -0.492 e. The van der Waals surface area contributed by atoms with Crippen LogP contribution in [0.5, 0.6) is 11.5 Å². The average molecular weight is 421 g/mol. The molecule has 0 aliphatic rings. The van der Waals surface area contributed by atoms with Gasteiger partial charge in [-0.25, -0.2) is 9.59 Å². The van der Waals surface area contributed by atoms with E-state index >= 15 is 0 Å². The first-order valence-electron chi connectivity index (χ1n) is 8.33. The summed E-state index contributed by atoms with van der Waals surface area (Å²) in [6.45, 7) is 6.65. The molecule has 0 N–H and O–H groups in total. The first-order chi connectivity index (χ1) is 12.4. The van der Waals surface area contributed by atoms with Crippen LogP contribution < -0.4 is 9.47 Å². The molecule has 138 valence electrons. The lowest BCUT2D eigenvalue weighted by atomic mass is 10.2. The summed E-state index contributed by atoms with van der Waals surface area (Å²) in [6, 6.07) is 11.4. The molecule has 0 aliphatic heterocycles. The smallest absolute Gasteiger partial charge is 0.343 e. The Hall–Kier alpha value is -2.34. The Bertz CT molecular complexity index is 786. The highest BCUT2D eigenvalue weighted by Gasteiger charge is 2.18. The zero-order chi connectivity index (χ0) is 19.1. The summed E-state index contributed by atoms with van der Waals surface area (Å²) in [4.78, 5) is 24.4. The van der Waals surface area contributed by atoms with Crippen LogP contribution in [0.2, 0.25) is 0 Å². The zero-order valence-corrected chi connectivity index (χ0v) is 16.5. The largest absolute Gasteiger partial charge is 0.492 e. The third-order valence-corrected chi connectivity index (χ3v) is 3.94. The van der Waals surface area contributed by atoms with Crippen LogP contribution in [-0.4, -0.2) is 25.2 Å². The van der Waals surface area contributed by atoms with Crippen LogP contribution in [-0.2, 0) is 4.74 Å². The molecule has 0 amide bonds. The van der Waals surface area contributed by atoms with Gasteiger partial charge in [0, 0.05) is 0 Å². The molecule has 0 heterocycles. The second-order valence-electron chi connectivity index (χ2n) is 5.96. The Morgan fingerprint density at radius 3 is 2.42 bits per heavy atom. The van der Waals surface area contributed by atoms with Gasteiger partial charge in [0.2, 0.25) is 0 Å². The van der Waals surface area contributed by atoms with Crippen LogP contribution in [0.1, 0.15) is 41.5 Å². The van der Waals surface area contributed by atoms with Crippen molar-refractivity contribution in [3.63, 3.8) is 0 Å². The topological polar surface area (TPSA) is 61.8 Å². The SMILES string of the molecule is CCOC(=O)c1ccccc1OC(=O)c1ccc(OCC(C)C)c(Br)c1. The molecular formula is C20H21BrO5. The van der Waals surface area contributed by atoms with Gasteiger partial charge in [-0.15, -0.1) is 0 Å². The van der Waals surface area contributed by atoms with Crippen molar-refractivity contribution in [2.75, 3.05) is 13.2 Å². The van der Waals surface area contributed by atoms with E-state index in [1.165, 1.54) is 0 Å². The van der Waals surface area contributed by atoms with Gasteiger partial charge in [0.15, 0.2) is 0 Å². The van der Waals surface area contributed by atoms with Gasteiger partial charge in [-0.05, 0) is 59.1 Å². The highest BCUT2D eigenvalue weighted by atomic mass is 79.9. The number of halogens is 1. The van der Waals surface area contributed by atoms with Gasteiger partial charge >= 0.3 is 11.9 Å². The number of carbonyl (C=O) groups is 2. The number of hydrogen-bond donors (Lipinski definition) is 0. The quantitative estimate of drug-likeness (QED) is 0.471. The summed E-state index contributed by atoms with van der Waals surface area (Å²) in [5.41, 5.74) is 0.547. The molecule has 2 aromatic carbocycles. The van der Waals surface area contributed by atoms with Crippen LogP contribution in [0.4, 0.5) is 0 Å². The van der Waals surface area contributed by atoms with Gasteiger partial charge in [-0.3, -0.25) is 0 Å². The highest BCUT2D eigenvalue weighted by molar-refractivity contribution is 9.10. The van der Waals surface area contributed by atoms with Crippen molar-refractivity contribution in [3.05, 3.63) is 58.1 Å². The predicted octanol–water partition coefficient (Wildman–Crippen LogP) is 4.88. The van der Waals surface area contributed by atoms with E-state index in [1.807, 2.05) is 0 Å². The number of esters is 2. The number of para-hydroxylation sites is 1. The van der Waals surface area contributed by atoms with Crippen molar-refractivity contribution in [2.45, 2.75) is 20.8 Å². The molecule has 0 aliphatic carbocycles. The van der Waals surface area contributed by atoms with Crippen molar-refractivity contribution in [2.24, 2.45) is 5.92 Å². The minimum absolute atomic E-state index is 0.159. The van der Waals surface area contributed by atoms with Gasteiger partial charge in [0.1, 0.15) is 17.1 Å². The third kappa shape index (κ3) is 5.33. The predicted molar refractivity (Wildman–Crippen MR) is 102 cm³/mol. The molecule has 2 rings (SSSR count). The van der Waals surface area contributed by atoms with Gasteiger partial charge in [-0.2, -0.15) is 0 Å². The van der Waals surface area contributed by atoms with Crippen molar-refractivity contribution in [3.8, 4) is 11.5 Å². The lowest BCUT2D eigenvalue weighted by molar-refractivity contribution is 0.0520.